The van der Waals surface area contributed by atoms with Crippen molar-refractivity contribution >= 4 is 15.9 Å². The minimum absolute atomic E-state index is 0.111. The fourth-order valence-electron chi connectivity index (χ4n) is 1.18. The maximum atomic E-state index is 13.3. The Labute approximate surface area is 93.1 Å². The van der Waals surface area contributed by atoms with E-state index in [-0.39, 0.29) is 5.69 Å². The molecule has 0 amide bonds. The van der Waals surface area contributed by atoms with Gasteiger partial charge in [0, 0.05) is 17.8 Å². The second-order valence-corrected chi connectivity index (χ2v) is 3.66. The number of pyridine rings is 2. The fourth-order valence-corrected chi connectivity index (χ4v) is 1.54. The Hall–Kier alpha value is -1.36. The molecule has 0 saturated carbocycles. The van der Waals surface area contributed by atoms with Gasteiger partial charge in [-0.1, -0.05) is 0 Å². The van der Waals surface area contributed by atoms with E-state index in [1.807, 2.05) is 0 Å². The molecule has 2 aromatic heterocycles. The Morgan fingerprint density at radius 2 is 1.93 bits per heavy atom. The lowest BCUT2D eigenvalue weighted by Crippen LogP contribution is -1.91. The first-order valence-electron chi connectivity index (χ1n) is 4.10. The first-order chi connectivity index (χ1) is 7.16. The molecule has 0 saturated heterocycles. The van der Waals surface area contributed by atoms with Crippen LogP contribution in [0.4, 0.5) is 8.78 Å². The summed E-state index contributed by atoms with van der Waals surface area (Å²) in [7, 11) is 0. The summed E-state index contributed by atoms with van der Waals surface area (Å²) in [4.78, 5) is 7.60. The van der Waals surface area contributed by atoms with Crippen LogP contribution in [0, 0.1) is 11.6 Å². The van der Waals surface area contributed by atoms with Crippen molar-refractivity contribution in [1.82, 2.24) is 9.97 Å². The zero-order chi connectivity index (χ0) is 10.8. The van der Waals surface area contributed by atoms with Crippen LogP contribution in [0.3, 0.4) is 0 Å². The van der Waals surface area contributed by atoms with Crippen LogP contribution < -0.4 is 0 Å². The molecule has 76 valence electrons. The molecule has 0 aliphatic heterocycles. The molecule has 0 fully saturated rings. The Balaban J connectivity index is 2.54. The molecule has 0 atom stereocenters. The summed E-state index contributed by atoms with van der Waals surface area (Å²) in [5.41, 5.74) is 0.661. The zero-order valence-electron chi connectivity index (χ0n) is 7.42. The average Bonchev–Trinajstić information content (AvgIpc) is 2.17. The predicted molar refractivity (Wildman–Crippen MR) is 55.1 cm³/mol. The summed E-state index contributed by atoms with van der Waals surface area (Å²) in [6, 6.07) is 4.02. The first kappa shape index (κ1) is 10.2. The highest BCUT2D eigenvalue weighted by Gasteiger charge is 2.08. The second-order valence-electron chi connectivity index (χ2n) is 2.85. The van der Waals surface area contributed by atoms with Gasteiger partial charge in [0.1, 0.15) is 16.1 Å². The summed E-state index contributed by atoms with van der Waals surface area (Å²) in [6.07, 6.45) is 2.50. The molecule has 0 bridgehead atoms. The molecule has 0 aliphatic rings. The number of hydrogen-bond donors (Lipinski definition) is 0. The molecule has 0 radical (unpaired) electrons. The third kappa shape index (κ3) is 2.18. The largest absolute Gasteiger partial charge is 0.250 e. The lowest BCUT2D eigenvalue weighted by atomic mass is 10.2. The molecule has 15 heavy (non-hydrogen) atoms. The van der Waals surface area contributed by atoms with E-state index in [0.717, 1.165) is 12.3 Å². The van der Waals surface area contributed by atoms with Crippen LogP contribution in [-0.2, 0) is 0 Å². The molecule has 2 nitrogen and oxygen atoms in total. The highest BCUT2D eigenvalue weighted by Crippen LogP contribution is 2.22. The molecule has 0 aromatic carbocycles. The van der Waals surface area contributed by atoms with Crippen molar-refractivity contribution in [2.24, 2.45) is 0 Å². The lowest BCUT2D eigenvalue weighted by Gasteiger charge is -2.02. The number of aromatic nitrogens is 2. The number of rotatable bonds is 1. The van der Waals surface area contributed by atoms with Crippen molar-refractivity contribution in [3.8, 4) is 11.3 Å². The zero-order valence-corrected chi connectivity index (χ0v) is 9.00. The minimum atomic E-state index is -0.690. The normalized spacial score (nSPS) is 10.3. The third-order valence-electron chi connectivity index (χ3n) is 1.81. The van der Waals surface area contributed by atoms with Gasteiger partial charge >= 0.3 is 0 Å². The molecule has 0 spiro atoms. The summed E-state index contributed by atoms with van der Waals surface area (Å²) < 4.78 is 26.5. The van der Waals surface area contributed by atoms with E-state index in [0.29, 0.717) is 10.2 Å². The van der Waals surface area contributed by atoms with Gasteiger partial charge in [0.25, 0.3) is 0 Å². The average molecular weight is 271 g/mol. The van der Waals surface area contributed by atoms with Crippen molar-refractivity contribution in [3.05, 3.63) is 46.8 Å². The monoisotopic (exact) mass is 270 g/mol. The van der Waals surface area contributed by atoms with Crippen LogP contribution in [0.15, 0.2) is 35.2 Å². The quantitative estimate of drug-likeness (QED) is 0.744. The van der Waals surface area contributed by atoms with Gasteiger partial charge in [-0.25, -0.2) is 13.8 Å². The molecule has 0 N–H and O–H groups in total. The van der Waals surface area contributed by atoms with E-state index in [2.05, 4.69) is 25.9 Å². The molecular weight excluding hydrogens is 266 g/mol. The van der Waals surface area contributed by atoms with Crippen molar-refractivity contribution < 1.29 is 8.78 Å². The SMILES string of the molecule is Fc1cnc(-c2ccnc(Br)c2)c(F)c1. The third-order valence-corrected chi connectivity index (χ3v) is 2.24. The van der Waals surface area contributed by atoms with Gasteiger partial charge in [-0.2, -0.15) is 0 Å². The minimum Gasteiger partial charge on any atom is -0.250 e. The van der Waals surface area contributed by atoms with Gasteiger partial charge in [-0.3, -0.25) is 4.98 Å². The molecule has 2 rings (SSSR count). The van der Waals surface area contributed by atoms with E-state index in [4.69, 9.17) is 0 Å². The van der Waals surface area contributed by atoms with Crippen molar-refractivity contribution in [1.29, 1.82) is 0 Å². The van der Waals surface area contributed by atoms with Crippen LogP contribution >= 0.6 is 15.9 Å². The summed E-state index contributed by atoms with van der Waals surface area (Å²) in [5.74, 6) is -1.38. The van der Waals surface area contributed by atoms with E-state index in [9.17, 15) is 8.78 Å². The molecule has 0 unspecified atom stereocenters. The fraction of sp³-hybridized carbons (Fsp3) is 0. The van der Waals surface area contributed by atoms with Gasteiger partial charge in [0.2, 0.25) is 0 Å². The van der Waals surface area contributed by atoms with Crippen molar-refractivity contribution in [2.45, 2.75) is 0 Å². The predicted octanol–water partition coefficient (Wildman–Crippen LogP) is 3.18. The van der Waals surface area contributed by atoms with Gasteiger partial charge in [-0.05, 0) is 28.1 Å². The van der Waals surface area contributed by atoms with E-state index in [1.54, 1.807) is 12.1 Å². The lowest BCUT2D eigenvalue weighted by molar-refractivity contribution is 0.576. The standard InChI is InChI=1S/C10H5BrF2N2/c11-9-3-6(1-2-14-9)10-8(13)4-7(12)5-15-10/h1-5H. The van der Waals surface area contributed by atoms with E-state index < -0.39 is 11.6 Å². The summed E-state index contributed by atoms with van der Waals surface area (Å²) in [5, 5.41) is 0. The number of hydrogen-bond acceptors (Lipinski definition) is 2. The second kappa shape index (κ2) is 4.02. The van der Waals surface area contributed by atoms with E-state index >= 15 is 0 Å². The molecule has 0 aliphatic carbocycles. The van der Waals surface area contributed by atoms with Gasteiger partial charge in [0.15, 0.2) is 5.82 Å². The van der Waals surface area contributed by atoms with E-state index in [1.165, 1.54) is 6.20 Å². The van der Waals surface area contributed by atoms with Crippen molar-refractivity contribution in [2.75, 3.05) is 0 Å². The molecule has 5 heteroatoms. The van der Waals surface area contributed by atoms with Gasteiger partial charge < -0.3 is 0 Å². The maximum Gasteiger partial charge on any atom is 0.152 e. The van der Waals surface area contributed by atoms with Crippen LogP contribution in [-0.4, -0.2) is 9.97 Å². The summed E-state index contributed by atoms with van der Waals surface area (Å²) >= 11 is 3.16. The summed E-state index contributed by atoms with van der Waals surface area (Å²) in [6.45, 7) is 0. The molecule has 2 heterocycles. The van der Waals surface area contributed by atoms with Crippen LogP contribution in [0.2, 0.25) is 0 Å². The van der Waals surface area contributed by atoms with Gasteiger partial charge in [0.05, 0.1) is 6.20 Å². The van der Waals surface area contributed by atoms with Crippen molar-refractivity contribution in [3.63, 3.8) is 0 Å². The topological polar surface area (TPSA) is 25.8 Å². The molecule has 2 aromatic rings. The Morgan fingerprint density at radius 1 is 1.13 bits per heavy atom. The van der Waals surface area contributed by atoms with Crippen LogP contribution in [0.25, 0.3) is 11.3 Å². The number of halogens is 3. The maximum absolute atomic E-state index is 13.3. The Kier molecular flexibility index (Phi) is 2.73. The highest BCUT2D eigenvalue weighted by atomic mass is 79.9. The van der Waals surface area contributed by atoms with Crippen LogP contribution in [0.1, 0.15) is 0 Å². The van der Waals surface area contributed by atoms with Gasteiger partial charge in [-0.15, -0.1) is 0 Å². The molecular formula is C10H5BrF2N2. The Morgan fingerprint density at radius 3 is 2.60 bits per heavy atom. The smallest absolute Gasteiger partial charge is 0.152 e. The highest BCUT2D eigenvalue weighted by molar-refractivity contribution is 9.10. The first-order valence-corrected chi connectivity index (χ1v) is 4.89. The van der Waals surface area contributed by atoms with Crippen LogP contribution in [0.5, 0.6) is 0 Å². The Bertz CT molecular complexity index is 503. The number of nitrogens with zero attached hydrogens (tertiary/aromatic N) is 2.